The maximum atomic E-state index is 13.3. The van der Waals surface area contributed by atoms with Gasteiger partial charge in [0, 0.05) is 12.8 Å². The Bertz CT molecular complexity index is 483. The molecule has 0 saturated heterocycles. The van der Waals surface area contributed by atoms with Crippen molar-refractivity contribution < 1.29 is 23.5 Å². The van der Waals surface area contributed by atoms with Crippen LogP contribution in [0.15, 0.2) is 24.3 Å². The first kappa shape index (κ1) is 18.1. The highest BCUT2D eigenvalue weighted by molar-refractivity contribution is 5.74. The number of para-hydroxylation sites is 1. The zero-order valence-corrected chi connectivity index (χ0v) is 13.1. The summed E-state index contributed by atoms with van der Waals surface area (Å²) in [5.41, 5.74) is 0. The van der Waals surface area contributed by atoms with Crippen LogP contribution in [0.2, 0.25) is 0 Å². The highest BCUT2D eigenvalue weighted by atomic mass is 19.1. The number of hydrogen-bond donors (Lipinski definition) is 0. The van der Waals surface area contributed by atoms with E-state index in [0.717, 1.165) is 12.8 Å². The van der Waals surface area contributed by atoms with Crippen molar-refractivity contribution in [3.05, 3.63) is 30.1 Å². The first-order valence-corrected chi connectivity index (χ1v) is 7.67. The lowest BCUT2D eigenvalue weighted by Crippen LogP contribution is -2.14. The van der Waals surface area contributed by atoms with Crippen molar-refractivity contribution in [3.63, 3.8) is 0 Å². The quantitative estimate of drug-likeness (QED) is 0.513. The number of carbonyl (C=O) groups excluding carboxylic acids is 2. The second-order valence-corrected chi connectivity index (χ2v) is 5.12. The zero-order chi connectivity index (χ0) is 16.4. The van der Waals surface area contributed by atoms with Crippen LogP contribution in [0.3, 0.4) is 0 Å². The zero-order valence-electron chi connectivity index (χ0n) is 13.1. The van der Waals surface area contributed by atoms with Crippen molar-refractivity contribution in [2.24, 2.45) is 5.92 Å². The monoisotopic (exact) mass is 310 g/mol. The van der Waals surface area contributed by atoms with Gasteiger partial charge >= 0.3 is 11.9 Å². The summed E-state index contributed by atoms with van der Waals surface area (Å²) in [4.78, 5) is 23.1. The maximum absolute atomic E-state index is 13.3. The van der Waals surface area contributed by atoms with Gasteiger partial charge in [-0.05, 0) is 24.5 Å². The van der Waals surface area contributed by atoms with E-state index in [1.807, 2.05) is 0 Å². The molecule has 1 rings (SSSR count). The van der Waals surface area contributed by atoms with Crippen LogP contribution < -0.4 is 4.74 Å². The van der Waals surface area contributed by atoms with E-state index in [1.54, 1.807) is 6.07 Å². The normalized spacial score (nSPS) is 10.5. The van der Waals surface area contributed by atoms with E-state index in [4.69, 9.17) is 9.47 Å². The van der Waals surface area contributed by atoms with E-state index in [9.17, 15) is 14.0 Å². The molecule has 0 spiro atoms. The summed E-state index contributed by atoms with van der Waals surface area (Å²) < 4.78 is 23.3. The van der Waals surface area contributed by atoms with Crippen molar-refractivity contribution in [1.82, 2.24) is 0 Å². The van der Waals surface area contributed by atoms with Crippen LogP contribution in [0.25, 0.3) is 0 Å². The van der Waals surface area contributed by atoms with Gasteiger partial charge in [0.15, 0.2) is 11.6 Å². The second kappa shape index (κ2) is 9.92. The lowest BCUT2D eigenvalue weighted by atomic mass is 10.1. The molecule has 122 valence electrons. The topological polar surface area (TPSA) is 52.6 Å². The minimum atomic E-state index is -0.583. The number of halogens is 1. The molecule has 0 unspecified atom stereocenters. The van der Waals surface area contributed by atoms with Gasteiger partial charge in [0.25, 0.3) is 0 Å². The fraction of sp³-hybridized carbons (Fsp3) is 0.529. The molecule has 0 aliphatic carbocycles. The maximum Gasteiger partial charge on any atom is 0.311 e. The van der Waals surface area contributed by atoms with E-state index < -0.39 is 11.8 Å². The summed E-state index contributed by atoms with van der Waals surface area (Å²) in [5.74, 6) is -1.16. The van der Waals surface area contributed by atoms with Crippen LogP contribution in [0.1, 0.15) is 46.0 Å². The molecule has 0 N–H and O–H groups in total. The predicted molar refractivity (Wildman–Crippen MR) is 80.9 cm³/mol. The van der Waals surface area contributed by atoms with Crippen molar-refractivity contribution in [2.45, 2.75) is 46.0 Å². The van der Waals surface area contributed by atoms with Crippen LogP contribution in [-0.2, 0) is 14.3 Å². The average molecular weight is 310 g/mol. The third-order valence-corrected chi connectivity index (χ3v) is 3.46. The Morgan fingerprint density at radius 1 is 1.09 bits per heavy atom. The van der Waals surface area contributed by atoms with Gasteiger partial charge in [-0.1, -0.05) is 38.8 Å². The van der Waals surface area contributed by atoms with Gasteiger partial charge in [0.1, 0.15) is 0 Å². The standard InChI is InChI=1S/C17H23FO4/c1-3-13(4-2)12-21-16(19)10-7-11-17(20)22-15-9-6-5-8-14(15)18/h5-6,8-9,13H,3-4,7,10-12H2,1-2H3. The van der Waals surface area contributed by atoms with E-state index >= 15 is 0 Å². The molecular formula is C17H23FO4. The molecule has 0 aliphatic heterocycles. The van der Waals surface area contributed by atoms with E-state index in [-0.39, 0.29) is 24.6 Å². The Balaban J connectivity index is 2.22. The summed E-state index contributed by atoms with van der Waals surface area (Å²) in [6, 6.07) is 5.71. The summed E-state index contributed by atoms with van der Waals surface area (Å²) >= 11 is 0. The first-order valence-electron chi connectivity index (χ1n) is 7.67. The van der Waals surface area contributed by atoms with Gasteiger partial charge in [-0.3, -0.25) is 9.59 Å². The van der Waals surface area contributed by atoms with Crippen LogP contribution in [-0.4, -0.2) is 18.5 Å². The Kier molecular flexibility index (Phi) is 8.18. The van der Waals surface area contributed by atoms with Crippen molar-refractivity contribution in [3.8, 4) is 5.75 Å². The molecule has 5 heteroatoms. The minimum Gasteiger partial charge on any atom is -0.465 e. The molecular weight excluding hydrogens is 287 g/mol. The number of rotatable bonds is 9. The van der Waals surface area contributed by atoms with Crippen LogP contribution in [0, 0.1) is 11.7 Å². The number of hydrogen-bond acceptors (Lipinski definition) is 4. The molecule has 1 aromatic rings. The van der Waals surface area contributed by atoms with Gasteiger partial charge in [0.2, 0.25) is 0 Å². The summed E-state index contributed by atoms with van der Waals surface area (Å²) in [5, 5.41) is 0. The number of ether oxygens (including phenoxy) is 2. The SMILES string of the molecule is CCC(CC)COC(=O)CCCC(=O)Oc1ccccc1F. The average Bonchev–Trinajstić information content (AvgIpc) is 2.50. The molecule has 0 radical (unpaired) electrons. The minimum absolute atomic E-state index is 0.0500. The third kappa shape index (κ3) is 6.70. The fourth-order valence-corrected chi connectivity index (χ4v) is 1.89. The number of benzene rings is 1. The van der Waals surface area contributed by atoms with E-state index in [1.165, 1.54) is 18.2 Å². The van der Waals surface area contributed by atoms with Crippen molar-refractivity contribution >= 4 is 11.9 Å². The Morgan fingerprint density at radius 2 is 1.73 bits per heavy atom. The lowest BCUT2D eigenvalue weighted by Gasteiger charge is -2.12. The largest absolute Gasteiger partial charge is 0.465 e. The Hall–Kier alpha value is -1.91. The summed E-state index contributed by atoms with van der Waals surface area (Å²) in [6.45, 7) is 4.53. The van der Waals surface area contributed by atoms with Gasteiger partial charge in [-0.15, -0.1) is 0 Å². The molecule has 0 fully saturated rings. The van der Waals surface area contributed by atoms with Crippen LogP contribution in [0.4, 0.5) is 4.39 Å². The van der Waals surface area contributed by atoms with Crippen molar-refractivity contribution in [1.29, 1.82) is 0 Å². The van der Waals surface area contributed by atoms with Crippen LogP contribution >= 0.6 is 0 Å². The Morgan fingerprint density at radius 3 is 2.36 bits per heavy atom. The first-order chi connectivity index (χ1) is 10.6. The molecule has 0 saturated carbocycles. The second-order valence-electron chi connectivity index (χ2n) is 5.12. The molecule has 4 nitrogen and oxygen atoms in total. The molecule has 0 aromatic heterocycles. The van der Waals surface area contributed by atoms with E-state index in [0.29, 0.717) is 18.9 Å². The third-order valence-electron chi connectivity index (χ3n) is 3.46. The van der Waals surface area contributed by atoms with Gasteiger partial charge in [0.05, 0.1) is 6.61 Å². The van der Waals surface area contributed by atoms with E-state index in [2.05, 4.69) is 13.8 Å². The number of esters is 2. The Labute approximate surface area is 130 Å². The van der Waals surface area contributed by atoms with Gasteiger partial charge < -0.3 is 9.47 Å². The van der Waals surface area contributed by atoms with Crippen LogP contribution in [0.5, 0.6) is 5.75 Å². The molecule has 22 heavy (non-hydrogen) atoms. The predicted octanol–water partition coefficient (Wildman–Crippen LogP) is 3.88. The molecule has 0 atom stereocenters. The highest BCUT2D eigenvalue weighted by Gasteiger charge is 2.12. The smallest absolute Gasteiger partial charge is 0.311 e. The number of carbonyl (C=O) groups is 2. The van der Waals surface area contributed by atoms with Gasteiger partial charge in [-0.25, -0.2) is 4.39 Å². The van der Waals surface area contributed by atoms with Gasteiger partial charge in [-0.2, -0.15) is 0 Å². The molecule has 1 aromatic carbocycles. The highest BCUT2D eigenvalue weighted by Crippen LogP contribution is 2.16. The lowest BCUT2D eigenvalue weighted by molar-refractivity contribution is -0.145. The molecule has 0 aliphatic rings. The summed E-state index contributed by atoms with van der Waals surface area (Å²) in [6.07, 6.45) is 2.48. The summed E-state index contributed by atoms with van der Waals surface area (Å²) in [7, 11) is 0. The fourth-order valence-electron chi connectivity index (χ4n) is 1.89. The molecule has 0 heterocycles. The van der Waals surface area contributed by atoms with Crippen molar-refractivity contribution in [2.75, 3.05) is 6.61 Å². The molecule has 0 bridgehead atoms. The molecule has 0 amide bonds.